The molecule has 0 aromatic rings. The predicted molar refractivity (Wildman–Crippen MR) is 278 cm³/mol. The average Bonchev–Trinajstić information content (AvgIpc) is 3.26. The molecule has 0 aliphatic heterocycles. The molecule has 10 heteroatoms. The highest BCUT2D eigenvalue weighted by molar-refractivity contribution is 7.47. The fourth-order valence-electron chi connectivity index (χ4n) is 7.38. The van der Waals surface area contributed by atoms with E-state index in [1.165, 1.54) is 96.3 Å². The molecule has 0 fully saturated rings. The molecule has 0 aliphatic rings. The van der Waals surface area contributed by atoms with Gasteiger partial charge in [0.2, 0.25) is 5.91 Å². The number of carbonyl (C=O) groups excluding carboxylic acids is 1. The highest BCUT2D eigenvalue weighted by atomic mass is 31.2. The molecular weight excluding hydrogens is 832 g/mol. The first-order valence-corrected chi connectivity index (χ1v) is 27.9. The monoisotopic (exact) mass is 934 g/mol. The van der Waals surface area contributed by atoms with Crippen molar-refractivity contribution in [3.63, 3.8) is 0 Å². The van der Waals surface area contributed by atoms with Crippen LogP contribution in [-0.4, -0.2) is 84.6 Å². The van der Waals surface area contributed by atoms with E-state index in [1.54, 1.807) is 0 Å². The summed E-state index contributed by atoms with van der Waals surface area (Å²) in [6.45, 7) is 4.48. The third-order valence-corrected chi connectivity index (χ3v) is 12.5. The van der Waals surface area contributed by atoms with E-state index in [4.69, 9.17) is 9.05 Å². The molecule has 0 rings (SSSR count). The van der Waals surface area contributed by atoms with Crippen molar-refractivity contribution >= 4 is 13.7 Å². The van der Waals surface area contributed by atoms with Crippen molar-refractivity contribution in [2.24, 2.45) is 0 Å². The number of rotatable bonds is 47. The number of aliphatic hydroxyl groups excluding tert-OH is 2. The molecule has 4 N–H and O–H groups in total. The Balaban J connectivity index is 4.27. The molecule has 1 amide bonds. The van der Waals surface area contributed by atoms with E-state index in [0.29, 0.717) is 17.4 Å². The highest BCUT2D eigenvalue weighted by Gasteiger charge is 2.31. The Hall–Kier alpha value is -2.10. The van der Waals surface area contributed by atoms with Crippen molar-refractivity contribution in [2.75, 3.05) is 40.9 Å². The van der Waals surface area contributed by atoms with Crippen molar-refractivity contribution in [1.82, 2.24) is 5.32 Å². The number of phosphoric acid groups is 1. The Morgan fingerprint density at radius 2 is 0.954 bits per heavy atom. The topological polar surface area (TPSA) is 125 Å². The van der Waals surface area contributed by atoms with E-state index in [2.05, 4.69) is 92.1 Å². The number of phosphoric ester groups is 1. The van der Waals surface area contributed by atoms with Gasteiger partial charge < -0.3 is 24.9 Å². The summed E-state index contributed by atoms with van der Waals surface area (Å²) in [4.78, 5) is 23.3. The lowest BCUT2D eigenvalue weighted by atomic mass is 9.99. The van der Waals surface area contributed by atoms with Crippen LogP contribution in [0.5, 0.6) is 0 Å². The molecule has 0 bridgehead atoms. The van der Waals surface area contributed by atoms with Gasteiger partial charge in [0, 0.05) is 6.42 Å². The van der Waals surface area contributed by atoms with E-state index in [0.717, 1.165) is 89.9 Å². The number of carbonyl (C=O) groups is 1. The fourth-order valence-corrected chi connectivity index (χ4v) is 8.12. The number of quaternary nitrogens is 1. The van der Waals surface area contributed by atoms with Gasteiger partial charge in [-0.1, -0.05) is 215 Å². The average molecular weight is 934 g/mol. The summed E-state index contributed by atoms with van der Waals surface area (Å²) in [5.41, 5.74) is 0. The van der Waals surface area contributed by atoms with Crippen LogP contribution >= 0.6 is 7.82 Å². The van der Waals surface area contributed by atoms with Crippen LogP contribution in [0.25, 0.3) is 0 Å². The van der Waals surface area contributed by atoms with E-state index in [-0.39, 0.29) is 18.9 Å². The van der Waals surface area contributed by atoms with Gasteiger partial charge in [0.25, 0.3) is 0 Å². The predicted octanol–water partition coefficient (Wildman–Crippen LogP) is 14.5. The van der Waals surface area contributed by atoms with Crippen LogP contribution in [0.2, 0.25) is 0 Å². The van der Waals surface area contributed by atoms with Crippen molar-refractivity contribution < 1.29 is 38.0 Å². The van der Waals surface area contributed by atoms with Gasteiger partial charge in [-0.05, 0) is 64.2 Å². The SMILES string of the molecule is CC/C=C\C/C=C\C/C=C\C/C=C\C/C=C\C/C=C\CCCCCCCCCCCCC(=O)NC(COP(=O)(O)OCC[N+](C)(C)C)C(O)C(O)CCCCCCCCCCCCCC. The molecule has 0 aromatic heterocycles. The van der Waals surface area contributed by atoms with E-state index in [1.807, 2.05) is 21.1 Å². The second-order valence-corrected chi connectivity index (χ2v) is 20.5. The van der Waals surface area contributed by atoms with Crippen molar-refractivity contribution in [3.05, 3.63) is 72.9 Å². The number of unbranched alkanes of at least 4 members (excludes halogenated alkanes) is 21. The minimum Gasteiger partial charge on any atom is -0.390 e. The first-order valence-electron chi connectivity index (χ1n) is 26.4. The molecule has 9 nitrogen and oxygen atoms in total. The molecule has 378 valence electrons. The summed E-state index contributed by atoms with van der Waals surface area (Å²) in [5, 5.41) is 24.8. The Kier molecular flexibility index (Phi) is 44.2. The zero-order valence-corrected chi connectivity index (χ0v) is 43.5. The molecule has 0 saturated carbocycles. The Morgan fingerprint density at radius 1 is 0.554 bits per heavy atom. The number of allylic oxidation sites excluding steroid dienone is 12. The molecule has 65 heavy (non-hydrogen) atoms. The maximum absolute atomic E-state index is 13.0. The third-order valence-electron chi connectivity index (χ3n) is 11.6. The number of hydrogen-bond donors (Lipinski definition) is 4. The summed E-state index contributed by atoms with van der Waals surface area (Å²) in [6.07, 6.45) is 58.3. The lowest BCUT2D eigenvalue weighted by Gasteiger charge is -2.28. The summed E-state index contributed by atoms with van der Waals surface area (Å²) < 4.78 is 23.6. The Morgan fingerprint density at radius 3 is 1.40 bits per heavy atom. The van der Waals surface area contributed by atoms with Gasteiger partial charge in [0.15, 0.2) is 0 Å². The molecule has 0 saturated heterocycles. The Labute approximate surface area is 400 Å². The second kappa shape index (κ2) is 45.7. The third kappa shape index (κ3) is 46.8. The van der Waals surface area contributed by atoms with Gasteiger partial charge in [0.1, 0.15) is 19.3 Å². The standard InChI is InChI=1S/C55H101N2O7P/c1-6-8-10-12-14-16-18-20-21-22-23-24-25-26-27-28-29-30-31-32-33-34-35-36-38-40-42-44-46-48-54(59)56-52(51-64-65(61,62)63-50-49-57(3,4)5)55(60)53(58)47-45-43-41-39-37-19-17-15-13-11-9-7-2/h8,10,14,16,20-21,23-24,26-27,29-30,52-53,55,58,60H,6-7,9,11-13,15,17-19,22,25,28,31-51H2,1-5H3,(H-,56,59,61,62)/p+1/b10-8-,16-14-,21-20-,24-23-,27-26-,30-29-. The summed E-state index contributed by atoms with van der Waals surface area (Å²) in [5.74, 6) is -0.266. The number of likely N-dealkylation sites (N-methyl/N-ethyl adjacent to an activating group) is 1. The zero-order valence-electron chi connectivity index (χ0n) is 42.6. The summed E-state index contributed by atoms with van der Waals surface area (Å²) >= 11 is 0. The molecule has 0 aromatic carbocycles. The summed E-state index contributed by atoms with van der Waals surface area (Å²) in [7, 11) is 1.42. The van der Waals surface area contributed by atoms with Gasteiger partial charge >= 0.3 is 7.82 Å². The Bertz CT molecular complexity index is 1300. The van der Waals surface area contributed by atoms with Crippen LogP contribution in [0.15, 0.2) is 72.9 Å². The number of nitrogens with zero attached hydrogens (tertiary/aromatic N) is 1. The smallest absolute Gasteiger partial charge is 0.390 e. The number of nitrogens with one attached hydrogen (secondary N) is 1. The van der Waals surface area contributed by atoms with Gasteiger partial charge in [0.05, 0.1) is 39.9 Å². The van der Waals surface area contributed by atoms with E-state index < -0.39 is 32.7 Å². The summed E-state index contributed by atoms with van der Waals surface area (Å²) in [6, 6.07) is -1.04. The van der Waals surface area contributed by atoms with Gasteiger partial charge in [-0.25, -0.2) is 4.57 Å². The molecule has 0 aliphatic carbocycles. The van der Waals surface area contributed by atoms with E-state index >= 15 is 0 Å². The van der Waals surface area contributed by atoms with Crippen LogP contribution in [-0.2, 0) is 18.4 Å². The van der Waals surface area contributed by atoms with Gasteiger partial charge in [-0.15, -0.1) is 0 Å². The normalized spacial score (nSPS) is 15.1. The minimum absolute atomic E-state index is 0.0180. The molecule has 0 heterocycles. The fraction of sp³-hybridized carbons (Fsp3) is 0.764. The van der Waals surface area contributed by atoms with Crippen LogP contribution in [0, 0.1) is 0 Å². The maximum Gasteiger partial charge on any atom is 0.472 e. The first-order chi connectivity index (χ1) is 31.4. The van der Waals surface area contributed by atoms with Crippen LogP contribution < -0.4 is 5.32 Å². The number of hydrogen-bond acceptors (Lipinski definition) is 6. The van der Waals surface area contributed by atoms with E-state index in [9.17, 15) is 24.5 Å². The quantitative estimate of drug-likeness (QED) is 0.0207. The highest BCUT2D eigenvalue weighted by Crippen LogP contribution is 2.43. The van der Waals surface area contributed by atoms with Gasteiger partial charge in [-0.3, -0.25) is 13.8 Å². The van der Waals surface area contributed by atoms with Crippen molar-refractivity contribution in [2.45, 2.75) is 231 Å². The molecule has 0 spiro atoms. The maximum atomic E-state index is 13.0. The lowest BCUT2D eigenvalue weighted by Crippen LogP contribution is -2.51. The second-order valence-electron chi connectivity index (χ2n) is 19.0. The van der Waals surface area contributed by atoms with Crippen molar-refractivity contribution in [3.8, 4) is 0 Å². The van der Waals surface area contributed by atoms with Crippen LogP contribution in [0.4, 0.5) is 0 Å². The molecule has 4 atom stereocenters. The van der Waals surface area contributed by atoms with Gasteiger partial charge in [-0.2, -0.15) is 0 Å². The first kappa shape index (κ1) is 62.9. The zero-order chi connectivity index (χ0) is 48.0. The van der Waals surface area contributed by atoms with Crippen LogP contribution in [0.3, 0.4) is 0 Å². The molecular formula is C55H102N2O7P+. The van der Waals surface area contributed by atoms with Crippen LogP contribution in [0.1, 0.15) is 213 Å². The lowest BCUT2D eigenvalue weighted by molar-refractivity contribution is -0.870. The minimum atomic E-state index is -4.42. The largest absolute Gasteiger partial charge is 0.472 e. The number of aliphatic hydroxyl groups is 2. The molecule has 0 radical (unpaired) electrons. The number of amides is 1. The molecule has 4 unspecified atom stereocenters. The van der Waals surface area contributed by atoms with Crippen molar-refractivity contribution in [1.29, 1.82) is 0 Å².